The van der Waals surface area contributed by atoms with Crippen LogP contribution in [-0.4, -0.2) is 60.5 Å². The molecule has 1 saturated heterocycles. The lowest BCUT2D eigenvalue weighted by atomic mass is 10.1. The zero-order chi connectivity index (χ0) is 15.4. The number of hydrogen-bond donors (Lipinski definition) is 1. The lowest BCUT2D eigenvalue weighted by Gasteiger charge is -2.34. The van der Waals surface area contributed by atoms with Gasteiger partial charge in [-0.25, -0.2) is 0 Å². The van der Waals surface area contributed by atoms with E-state index in [2.05, 4.69) is 4.90 Å². The number of amides is 1. The molecule has 1 heterocycles. The van der Waals surface area contributed by atoms with Crippen LogP contribution in [0.2, 0.25) is 5.02 Å². The van der Waals surface area contributed by atoms with E-state index in [0.717, 1.165) is 13.1 Å². The number of halogens is 1. The van der Waals surface area contributed by atoms with Crippen molar-refractivity contribution in [3.63, 3.8) is 0 Å². The Morgan fingerprint density at radius 3 is 2.62 bits per heavy atom. The fourth-order valence-corrected chi connectivity index (χ4v) is 2.69. The summed E-state index contributed by atoms with van der Waals surface area (Å²) in [6.07, 6.45) is 0. The maximum Gasteiger partial charge on any atom is 0.257 e. The number of thiocarbonyl (C=S) groups is 1. The highest BCUT2D eigenvalue weighted by molar-refractivity contribution is 7.80. The second-order valence-corrected chi connectivity index (χ2v) is 5.84. The number of nitrogens with zero attached hydrogens (tertiary/aromatic N) is 2. The highest BCUT2D eigenvalue weighted by Crippen LogP contribution is 2.24. The van der Waals surface area contributed by atoms with Gasteiger partial charge in [-0.3, -0.25) is 9.69 Å². The molecule has 0 aromatic heterocycles. The average molecular weight is 328 g/mol. The number of benzene rings is 1. The Balaban J connectivity index is 2.03. The van der Waals surface area contributed by atoms with Gasteiger partial charge in [0.25, 0.3) is 5.91 Å². The minimum absolute atomic E-state index is 0.0431. The molecule has 1 aliphatic rings. The van der Waals surface area contributed by atoms with Crippen molar-refractivity contribution in [3.05, 3.63) is 28.8 Å². The van der Waals surface area contributed by atoms with Crippen LogP contribution < -0.4 is 10.5 Å². The zero-order valence-electron chi connectivity index (χ0n) is 11.8. The summed E-state index contributed by atoms with van der Waals surface area (Å²) in [5.74, 6) is 0.455. The first-order chi connectivity index (χ1) is 10.0. The predicted octanol–water partition coefficient (Wildman–Crippen LogP) is 1.39. The van der Waals surface area contributed by atoms with Crippen molar-refractivity contribution in [3.8, 4) is 5.75 Å². The summed E-state index contributed by atoms with van der Waals surface area (Å²) in [4.78, 5) is 17.0. The summed E-state index contributed by atoms with van der Waals surface area (Å²) >= 11 is 10.8. The number of ether oxygens (including phenoxy) is 1. The van der Waals surface area contributed by atoms with Crippen LogP contribution >= 0.6 is 23.8 Å². The summed E-state index contributed by atoms with van der Waals surface area (Å²) < 4.78 is 5.24. The van der Waals surface area contributed by atoms with Crippen LogP contribution in [0.5, 0.6) is 5.75 Å². The molecule has 7 heteroatoms. The van der Waals surface area contributed by atoms with E-state index in [9.17, 15) is 4.79 Å². The second kappa shape index (κ2) is 7.06. The Morgan fingerprint density at radius 1 is 1.38 bits per heavy atom. The molecular weight excluding hydrogens is 310 g/mol. The Kier molecular flexibility index (Phi) is 5.39. The molecule has 1 amide bonds. The lowest BCUT2D eigenvalue weighted by Crippen LogP contribution is -2.50. The highest BCUT2D eigenvalue weighted by Gasteiger charge is 2.24. The molecule has 0 radical (unpaired) electrons. The summed E-state index contributed by atoms with van der Waals surface area (Å²) in [5.41, 5.74) is 6.07. The van der Waals surface area contributed by atoms with Gasteiger partial charge in [-0.05, 0) is 18.2 Å². The first-order valence-electron chi connectivity index (χ1n) is 6.64. The van der Waals surface area contributed by atoms with E-state index in [1.54, 1.807) is 18.2 Å². The SMILES string of the molecule is COc1cc(Cl)ccc1C(=O)N1CCN(CC(N)=S)CC1. The number of piperazine rings is 1. The van der Waals surface area contributed by atoms with Gasteiger partial charge < -0.3 is 15.4 Å². The second-order valence-electron chi connectivity index (χ2n) is 4.88. The number of hydrogen-bond acceptors (Lipinski definition) is 4. The highest BCUT2D eigenvalue weighted by atomic mass is 35.5. The first kappa shape index (κ1) is 16.0. The quantitative estimate of drug-likeness (QED) is 0.847. The largest absolute Gasteiger partial charge is 0.496 e. The monoisotopic (exact) mass is 327 g/mol. The van der Waals surface area contributed by atoms with Gasteiger partial charge in [0.15, 0.2) is 0 Å². The molecule has 1 fully saturated rings. The van der Waals surface area contributed by atoms with Crippen molar-refractivity contribution in [2.24, 2.45) is 5.73 Å². The van der Waals surface area contributed by atoms with Crippen LogP contribution in [0.15, 0.2) is 18.2 Å². The molecule has 0 bridgehead atoms. The van der Waals surface area contributed by atoms with E-state index in [4.69, 9.17) is 34.3 Å². The van der Waals surface area contributed by atoms with Crippen molar-refractivity contribution in [1.29, 1.82) is 0 Å². The number of carbonyl (C=O) groups is 1. The van der Waals surface area contributed by atoms with Gasteiger partial charge in [-0.2, -0.15) is 0 Å². The third kappa shape index (κ3) is 4.06. The third-order valence-electron chi connectivity index (χ3n) is 3.43. The van der Waals surface area contributed by atoms with Crippen LogP contribution in [0, 0.1) is 0 Å². The summed E-state index contributed by atoms with van der Waals surface area (Å²) in [5, 5.41) is 0.546. The number of nitrogens with two attached hydrogens (primary N) is 1. The van der Waals surface area contributed by atoms with E-state index < -0.39 is 0 Å². The predicted molar refractivity (Wildman–Crippen MR) is 87.1 cm³/mol. The molecule has 5 nitrogen and oxygen atoms in total. The van der Waals surface area contributed by atoms with Crippen LogP contribution in [0.25, 0.3) is 0 Å². The average Bonchev–Trinajstić information content (AvgIpc) is 2.46. The lowest BCUT2D eigenvalue weighted by molar-refractivity contribution is 0.0651. The zero-order valence-corrected chi connectivity index (χ0v) is 13.4. The summed E-state index contributed by atoms with van der Waals surface area (Å²) in [7, 11) is 1.53. The minimum Gasteiger partial charge on any atom is -0.496 e. The van der Waals surface area contributed by atoms with Crippen LogP contribution in [0.1, 0.15) is 10.4 Å². The van der Waals surface area contributed by atoms with Gasteiger partial charge in [-0.15, -0.1) is 0 Å². The molecule has 21 heavy (non-hydrogen) atoms. The van der Waals surface area contributed by atoms with Crippen molar-refractivity contribution in [2.75, 3.05) is 39.8 Å². The molecule has 1 aromatic carbocycles. The van der Waals surface area contributed by atoms with Gasteiger partial charge in [0.1, 0.15) is 5.75 Å². The minimum atomic E-state index is -0.0431. The van der Waals surface area contributed by atoms with Gasteiger partial charge in [0.2, 0.25) is 0 Å². The Hall–Kier alpha value is -1.37. The molecule has 2 N–H and O–H groups in total. The summed E-state index contributed by atoms with van der Waals surface area (Å²) in [6, 6.07) is 5.04. The molecule has 114 valence electrons. The van der Waals surface area contributed by atoms with Crippen LogP contribution in [-0.2, 0) is 0 Å². The molecule has 0 aliphatic carbocycles. The Labute approximate surface area is 134 Å². The molecule has 0 atom stereocenters. The van der Waals surface area contributed by atoms with Crippen molar-refractivity contribution in [1.82, 2.24) is 9.80 Å². The van der Waals surface area contributed by atoms with E-state index in [0.29, 0.717) is 41.0 Å². The normalized spacial score (nSPS) is 15.8. The Morgan fingerprint density at radius 2 is 2.05 bits per heavy atom. The molecule has 1 aliphatic heterocycles. The third-order valence-corrected chi connectivity index (χ3v) is 3.80. The smallest absolute Gasteiger partial charge is 0.257 e. The van der Waals surface area contributed by atoms with E-state index in [-0.39, 0.29) is 5.91 Å². The van der Waals surface area contributed by atoms with Gasteiger partial charge in [-0.1, -0.05) is 23.8 Å². The number of carbonyl (C=O) groups excluding carboxylic acids is 1. The van der Waals surface area contributed by atoms with E-state index in [1.165, 1.54) is 7.11 Å². The molecule has 0 saturated carbocycles. The van der Waals surface area contributed by atoms with Gasteiger partial charge in [0.05, 0.1) is 17.7 Å². The van der Waals surface area contributed by atoms with Crippen LogP contribution in [0.4, 0.5) is 0 Å². The van der Waals surface area contributed by atoms with Gasteiger partial charge >= 0.3 is 0 Å². The molecule has 2 rings (SSSR count). The van der Waals surface area contributed by atoms with Crippen molar-refractivity contribution in [2.45, 2.75) is 0 Å². The maximum absolute atomic E-state index is 12.6. The first-order valence-corrected chi connectivity index (χ1v) is 7.43. The van der Waals surface area contributed by atoms with Gasteiger partial charge in [0, 0.05) is 37.7 Å². The van der Waals surface area contributed by atoms with Crippen molar-refractivity contribution < 1.29 is 9.53 Å². The number of methoxy groups -OCH3 is 1. The number of rotatable bonds is 4. The maximum atomic E-state index is 12.6. The topological polar surface area (TPSA) is 58.8 Å². The molecule has 0 unspecified atom stereocenters. The van der Waals surface area contributed by atoms with Crippen LogP contribution in [0.3, 0.4) is 0 Å². The van der Waals surface area contributed by atoms with Crippen molar-refractivity contribution >= 4 is 34.7 Å². The van der Waals surface area contributed by atoms with E-state index >= 15 is 0 Å². The molecule has 0 spiro atoms. The molecular formula is C14H18ClN3O2S. The molecule has 1 aromatic rings. The fraction of sp³-hybridized carbons (Fsp3) is 0.429. The Bertz CT molecular complexity index is 545. The fourth-order valence-electron chi connectivity index (χ4n) is 2.34. The summed E-state index contributed by atoms with van der Waals surface area (Å²) in [6.45, 7) is 3.42. The van der Waals surface area contributed by atoms with E-state index in [1.807, 2.05) is 4.90 Å². The standard InChI is InChI=1S/C14H18ClN3O2S/c1-20-12-8-10(15)2-3-11(12)14(19)18-6-4-17(5-7-18)9-13(16)21/h2-3,8H,4-7,9H2,1H3,(H2,16,21).